The first-order valence-corrected chi connectivity index (χ1v) is 15.7. The van der Waals surface area contributed by atoms with Crippen LogP contribution in [0.15, 0.2) is 72.8 Å². The van der Waals surface area contributed by atoms with Crippen LogP contribution in [0.1, 0.15) is 49.8 Å². The van der Waals surface area contributed by atoms with Crippen LogP contribution in [0.25, 0.3) is 11.1 Å². The monoisotopic (exact) mass is 636 g/mol. The maximum Gasteiger partial charge on any atom is 0.335 e. The summed E-state index contributed by atoms with van der Waals surface area (Å²) < 4.78 is 36.4. The highest BCUT2D eigenvalue weighted by Crippen LogP contribution is 2.30. The largest absolute Gasteiger partial charge is 0.490 e. The number of benzene rings is 3. The first kappa shape index (κ1) is 36.3. The molecule has 0 bridgehead atoms. The average molecular weight is 637 g/mol. The van der Waals surface area contributed by atoms with Crippen molar-refractivity contribution in [3.8, 4) is 22.6 Å². The number of carbonyl (C=O) groups excluding carboxylic acids is 2. The van der Waals surface area contributed by atoms with Crippen molar-refractivity contribution >= 4 is 11.9 Å². The lowest BCUT2D eigenvalue weighted by molar-refractivity contribution is -0.149. The van der Waals surface area contributed by atoms with Crippen LogP contribution in [0.3, 0.4) is 0 Å². The number of carbonyl (C=O) groups is 2. The Labute approximate surface area is 270 Å². The smallest absolute Gasteiger partial charge is 0.335 e. The van der Waals surface area contributed by atoms with Gasteiger partial charge < -0.3 is 29.2 Å². The van der Waals surface area contributed by atoms with Crippen molar-refractivity contribution in [2.45, 2.75) is 52.4 Å². The van der Waals surface area contributed by atoms with E-state index in [1.807, 2.05) is 48.5 Å². The van der Waals surface area contributed by atoms with Crippen LogP contribution in [0.2, 0.25) is 0 Å². The average Bonchev–Trinajstić information content (AvgIpc) is 3.07. The minimum Gasteiger partial charge on any atom is -0.490 e. The third-order valence-electron chi connectivity index (χ3n) is 7.37. The van der Waals surface area contributed by atoms with E-state index in [2.05, 4.69) is 13.5 Å². The van der Waals surface area contributed by atoms with Gasteiger partial charge in [-0.05, 0) is 78.6 Å². The van der Waals surface area contributed by atoms with Gasteiger partial charge in [0.05, 0.1) is 24.7 Å². The van der Waals surface area contributed by atoms with Crippen LogP contribution in [0, 0.1) is 11.7 Å². The fourth-order valence-electron chi connectivity index (χ4n) is 4.55. The predicted molar refractivity (Wildman–Crippen MR) is 174 cm³/mol. The molecule has 3 aromatic rings. The molecule has 0 amide bonds. The number of aryl methyl sites for hydroxylation is 3. The fraction of sp³-hybridized carbons (Fsp3) is 0.405. The molecule has 3 rings (SSSR count). The quantitative estimate of drug-likeness (QED) is 0.0879. The van der Waals surface area contributed by atoms with Gasteiger partial charge in [0.2, 0.25) is 0 Å². The Kier molecular flexibility index (Phi) is 15.2. The lowest BCUT2D eigenvalue weighted by atomic mass is 9.98. The van der Waals surface area contributed by atoms with E-state index in [-0.39, 0.29) is 44.4 Å². The Morgan fingerprint density at radius 1 is 0.783 bits per heavy atom. The second kappa shape index (κ2) is 19.3. The molecule has 0 fully saturated rings. The highest BCUT2D eigenvalue weighted by molar-refractivity contribution is 5.87. The summed E-state index contributed by atoms with van der Waals surface area (Å²) in [5.74, 6) is -0.994. The van der Waals surface area contributed by atoms with Crippen LogP contribution in [0.5, 0.6) is 11.5 Å². The van der Waals surface area contributed by atoms with E-state index in [1.165, 1.54) is 0 Å². The highest BCUT2D eigenvalue weighted by Gasteiger charge is 2.13. The van der Waals surface area contributed by atoms with Crippen molar-refractivity contribution in [3.63, 3.8) is 0 Å². The zero-order valence-electron chi connectivity index (χ0n) is 26.8. The Bertz CT molecular complexity index is 1420. The molecule has 0 spiro atoms. The standard InChI is InChI=1S/C37H45FO8/c1-4-5-6-7-31-15-12-29(20-35(31)38)9-8-28-10-13-30(14-11-28)32-21-33(43-16-18-45-36(41)26(2)24-39)23-34(22-32)44-17-19-46-37(42)27(3)25-40/h10-15,20-23,27,39-40H,2,4-9,16-19,24-25H2,1,3H3. The van der Waals surface area contributed by atoms with Gasteiger partial charge in [0.15, 0.2) is 0 Å². The molecule has 3 aromatic carbocycles. The summed E-state index contributed by atoms with van der Waals surface area (Å²) in [5, 5.41) is 18.1. The predicted octanol–water partition coefficient (Wildman–Crippen LogP) is 6.03. The zero-order valence-corrected chi connectivity index (χ0v) is 26.8. The molecule has 2 N–H and O–H groups in total. The van der Waals surface area contributed by atoms with Crippen molar-refractivity contribution in [1.82, 2.24) is 0 Å². The van der Waals surface area contributed by atoms with Gasteiger partial charge in [0, 0.05) is 6.07 Å². The number of aliphatic hydroxyl groups excluding tert-OH is 2. The summed E-state index contributed by atoms with van der Waals surface area (Å²) in [7, 11) is 0. The lowest BCUT2D eigenvalue weighted by Crippen LogP contribution is -2.20. The van der Waals surface area contributed by atoms with Gasteiger partial charge in [-0.1, -0.05) is 62.7 Å². The number of halogens is 1. The van der Waals surface area contributed by atoms with Gasteiger partial charge >= 0.3 is 11.9 Å². The molecule has 1 atom stereocenters. The van der Waals surface area contributed by atoms with Crippen molar-refractivity contribution in [3.05, 3.63) is 95.3 Å². The van der Waals surface area contributed by atoms with Gasteiger partial charge in [-0.15, -0.1) is 0 Å². The molecule has 0 heterocycles. The van der Waals surface area contributed by atoms with Crippen LogP contribution >= 0.6 is 0 Å². The molecule has 0 aliphatic rings. The van der Waals surface area contributed by atoms with E-state index in [9.17, 15) is 14.0 Å². The van der Waals surface area contributed by atoms with Gasteiger partial charge in [0.25, 0.3) is 0 Å². The number of rotatable bonds is 20. The molecule has 0 aliphatic carbocycles. The maximum absolute atomic E-state index is 14.6. The maximum atomic E-state index is 14.6. The molecule has 0 saturated carbocycles. The summed E-state index contributed by atoms with van der Waals surface area (Å²) in [4.78, 5) is 23.6. The molecule has 0 aliphatic heterocycles. The topological polar surface area (TPSA) is 112 Å². The van der Waals surface area contributed by atoms with Gasteiger partial charge in [-0.25, -0.2) is 9.18 Å². The Balaban J connectivity index is 1.65. The van der Waals surface area contributed by atoms with Crippen molar-refractivity contribution in [1.29, 1.82) is 0 Å². The summed E-state index contributed by atoms with van der Waals surface area (Å²) in [6.45, 7) is 6.48. The second-order valence-corrected chi connectivity index (χ2v) is 11.1. The summed E-state index contributed by atoms with van der Waals surface area (Å²) in [6.07, 6.45) is 5.48. The van der Waals surface area contributed by atoms with Crippen molar-refractivity contribution < 1.29 is 43.1 Å². The lowest BCUT2D eigenvalue weighted by Gasteiger charge is -2.14. The van der Waals surface area contributed by atoms with Crippen LogP contribution in [-0.2, 0) is 38.3 Å². The number of aliphatic hydroxyl groups is 2. The van der Waals surface area contributed by atoms with E-state index in [4.69, 9.17) is 29.2 Å². The van der Waals surface area contributed by atoms with E-state index >= 15 is 0 Å². The number of esters is 2. The number of unbranched alkanes of at least 4 members (excludes halogenated alkanes) is 2. The molecule has 248 valence electrons. The Hall–Kier alpha value is -4.21. The number of hydrogen-bond acceptors (Lipinski definition) is 8. The van der Waals surface area contributed by atoms with Crippen LogP contribution in [0.4, 0.5) is 4.39 Å². The minimum atomic E-state index is -0.696. The third-order valence-corrected chi connectivity index (χ3v) is 7.37. The van der Waals surface area contributed by atoms with E-state index in [0.29, 0.717) is 11.5 Å². The second-order valence-electron chi connectivity index (χ2n) is 11.1. The normalized spacial score (nSPS) is 11.5. The first-order chi connectivity index (χ1) is 22.2. The van der Waals surface area contributed by atoms with E-state index in [1.54, 1.807) is 19.1 Å². The summed E-state index contributed by atoms with van der Waals surface area (Å²) >= 11 is 0. The van der Waals surface area contributed by atoms with Crippen LogP contribution in [-0.4, -0.2) is 61.8 Å². The molecular weight excluding hydrogens is 591 g/mol. The molecule has 0 aromatic heterocycles. The van der Waals surface area contributed by atoms with Gasteiger partial charge in [-0.3, -0.25) is 4.79 Å². The van der Waals surface area contributed by atoms with Crippen molar-refractivity contribution in [2.24, 2.45) is 5.92 Å². The molecule has 0 radical (unpaired) electrons. The molecule has 9 heteroatoms. The SMILES string of the molecule is C=C(CO)C(=O)OCCOc1cc(OCCOC(=O)C(C)CO)cc(-c2ccc(CCc3ccc(CCCCC)c(F)c3)cc2)c1. The molecule has 1 unspecified atom stereocenters. The fourth-order valence-corrected chi connectivity index (χ4v) is 4.55. The van der Waals surface area contributed by atoms with E-state index in [0.717, 1.165) is 66.3 Å². The summed E-state index contributed by atoms with van der Waals surface area (Å²) in [6, 6.07) is 19.0. The third kappa shape index (κ3) is 11.9. The molecule has 46 heavy (non-hydrogen) atoms. The van der Waals surface area contributed by atoms with Gasteiger partial charge in [0.1, 0.15) is 43.7 Å². The van der Waals surface area contributed by atoms with E-state index < -0.39 is 24.5 Å². The molecule has 8 nitrogen and oxygen atoms in total. The Morgan fingerprint density at radius 2 is 1.41 bits per heavy atom. The molecule has 0 saturated heterocycles. The van der Waals surface area contributed by atoms with Crippen LogP contribution < -0.4 is 9.47 Å². The summed E-state index contributed by atoms with van der Waals surface area (Å²) in [5.41, 5.74) is 4.55. The number of ether oxygens (including phenoxy) is 4. The zero-order chi connectivity index (χ0) is 33.3. The first-order valence-electron chi connectivity index (χ1n) is 15.7. The Morgan fingerprint density at radius 3 is 2.02 bits per heavy atom. The molecular formula is C37H45FO8. The van der Waals surface area contributed by atoms with Gasteiger partial charge in [-0.2, -0.15) is 0 Å². The van der Waals surface area contributed by atoms with Crippen molar-refractivity contribution in [2.75, 3.05) is 39.6 Å². The highest BCUT2D eigenvalue weighted by atomic mass is 19.1. The number of hydrogen-bond donors (Lipinski definition) is 2. The minimum absolute atomic E-state index is 0.00840.